The zero-order valence-corrected chi connectivity index (χ0v) is 10.6. The smallest absolute Gasteiger partial charge is 0.128 e. The van der Waals surface area contributed by atoms with E-state index in [9.17, 15) is 0 Å². The van der Waals surface area contributed by atoms with Gasteiger partial charge in [-0.2, -0.15) is 0 Å². The quantitative estimate of drug-likeness (QED) is 0.843. The Morgan fingerprint density at radius 1 is 1.53 bits per heavy atom. The molecule has 0 radical (unpaired) electrons. The summed E-state index contributed by atoms with van der Waals surface area (Å²) in [4.78, 5) is 6.93. The molecule has 0 spiro atoms. The number of aromatic nitrogens is 1. The van der Waals surface area contributed by atoms with Crippen LogP contribution in [-0.4, -0.2) is 30.8 Å². The lowest BCUT2D eigenvalue weighted by molar-refractivity contribution is 0.0820. The van der Waals surface area contributed by atoms with Crippen LogP contribution in [0.15, 0.2) is 12.1 Å². The van der Waals surface area contributed by atoms with Gasteiger partial charge in [0.1, 0.15) is 5.82 Å². The molecule has 1 aliphatic rings. The molecule has 1 saturated heterocycles. The van der Waals surface area contributed by atoms with Crippen molar-refractivity contribution in [2.75, 3.05) is 24.6 Å². The highest BCUT2D eigenvalue weighted by Gasteiger charge is 2.16. The van der Waals surface area contributed by atoms with Crippen molar-refractivity contribution in [1.82, 2.24) is 4.98 Å². The number of ether oxygens (including phenoxy) is 1. The Labute approximate surface area is 103 Å². The highest BCUT2D eigenvalue weighted by molar-refractivity contribution is 5.42. The maximum Gasteiger partial charge on any atom is 0.128 e. The SMILES string of the molecule is Cc1nc(N2CCCOC(C)C2)ccc1CN. The number of rotatable bonds is 2. The second kappa shape index (κ2) is 5.47. The molecule has 94 valence electrons. The van der Waals surface area contributed by atoms with Gasteiger partial charge in [-0.05, 0) is 31.9 Å². The molecule has 1 atom stereocenters. The van der Waals surface area contributed by atoms with Crippen LogP contribution in [0.3, 0.4) is 0 Å². The van der Waals surface area contributed by atoms with Gasteiger partial charge >= 0.3 is 0 Å². The van der Waals surface area contributed by atoms with E-state index in [1.807, 2.05) is 6.92 Å². The maximum atomic E-state index is 5.65. The van der Waals surface area contributed by atoms with Crippen molar-refractivity contribution in [2.24, 2.45) is 5.73 Å². The highest BCUT2D eigenvalue weighted by Crippen LogP contribution is 2.17. The minimum atomic E-state index is 0.272. The fourth-order valence-corrected chi connectivity index (χ4v) is 2.17. The topological polar surface area (TPSA) is 51.4 Å². The number of nitrogens with zero attached hydrogens (tertiary/aromatic N) is 2. The third-order valence-corrected chi connectivity index (χ3v) is 3.18. The summed E-state index contributed by atoms with van der Waals surface area (Å²) in [6, 6.07) is 4.14. The standard InChI is InChI=1S/C13H21N3O/c1-10-9-16(6-3-7-17-10)13-5-4-12(8-14)11(2)15-13/h4-5,10H,3,6-9,14H2,1-2H3. The first-order chi connectivity index (χ1) is 8.20. The number of hydrogen-bond acceptors (Lipinski definition) is 4. The van der Waals surface area contributed by atoms with Gasteiger partial charge in [0.2, 0.25) is 0 Å². The molecule has 4 heteroatoms. The van der Waals surface area contributed by atoms with Crippen LogP contribution >= 0.6 is 0 Å². The first-order valence-corrected chi connectivity index (χ1v) is 6.24. The van der Waals surface area contributed by atoms with E-state index < -0.39 is 0 Å². The fraction of sp³-hybridized carbons (Fsp3) is 0.615. The lowest BCUT2D eigenvalue weighted by Gasteiger charge is -2.23. The van der Waals surface area contributed by atoms with Crippen LogP contribution in [0.25, 0.3) is 0 Å². The predicted molar refractivity (Wildman–Crippen MR) is 69.1 cm³/mol. The Balaban J connectivity index is 2.17. The van der Waals surface area contributed by atoms with Crippen LogP contribution in [-0.2, 0) is 11.3 Å². The molecule has 0 amide bonds. The molecular formula is C13H21N3O. The zero-order valence-electron chi connectivity index (χ0n) is 10.6. The van der Waals surface area contributed by atoms with Crippen molar-refractivity contribution in [2.45, 2.75) is 32.9 Å². The molecule has 1 aromatic heterocycles. The van der Waals surface area contributed by atoms with Crippen LogP contribution in [0.1, 0.15) is 24.6 Å². The summed E-state index contributed by atoms with van der Waals surface area (Å²) in [6.45, 7) is 7.45. The summed E-state index contributed by atoms with van der Waals surface area (Å²) in [7, 11) is 0. The molecule has 17 heavy (non-hydrogen) atoms. The molecule has 1 aliphatic heterocycles. The average molecular weight is 235 g/mol. The van der Waals surface area contributed by atoms with E-state index in [1.54, 1.807) is 0 Å². The van der Waals surface area contributed by atoms with Crippen molar-refractivity contribution < 1.29 is 4.74 Å². The molecule has 0 saturated carbocycles. The van der Waals surface area contributed by atoms with Gasteiger partial charge in [-0.15, -0.1) is 0 Å². The van der Waals surface area contributed by atoms with E-state index in [0.717, 1.165) is 43.2 Å². The van der Waals surface area contributed by atoms with Gasteiger partial charge in [0.05, 0.1) is 6.10 Å². The number of hydrogen-bond donors (Lipinski definition) is 1. The van der Waals surface area contributed by atoms with E-state index in [1.165, 1.54) is 0 Å². The van der Waals surface area contributed by atoms with Gasteiger partial charge < -0.3 is 15.4 Å². The van der Waals surface area contributed by atoms with Gasteiger partial charge in [0.25, 0.3) is 0 Å². The van der Waals surface area contributed by atoms with E-state index >= 15 is 0 Å². The van der Waals surface area contributed by atoms with E-state index in [-0.39, 0.29) is 6.10 Å². The predicted octanol–water partition coefficient (Wildman–Crippen LogP) is 1.46. The van der Waals surface area contributed by atoms with Gasteiger partial charge in [0, 0.05) is 31.9 Å². The summed E-state index contributed by atoms with van der Waals surface area (Å²) in [5.41, 5.74) is 7.80. The molecule has 2 N–H and O–H groups in total. The van der Waals surface area contributed by atoms with Crippen molar-refractivity contribution in [3.8, 4) is 0 Å². The van der Waals surface area contributed by atoms with Crippen molar-refractivity contribution >= 4 is 5.82 Å². The largest absolute Gasteiger partial charge is 0.377 e. The Kier molecular flexibility index (Phi) is 3.97. The summed E-state index contributed by atoms with van der Waals surface area (Å²) in [6.07, 6.45) is 1.33. The van der Waals surface area contributed by atoms with Crippen LogP contribution in [0, 0.1) is 6.92 Å². The number of anilines is 1. The van der Waals surface area contributed by atoms with Gasteiger partial charge in [0.15, 0.2) is 0 Å². The van der Waals surface area contributed by atoms with Gasteiger partial charge in [-0.25, -0.2) is 4.98 Å². The second-order valence-corrected chi connectivity index (χ2v) is 4.60. The number of nitrogens with two attached hydrogens (primary N) is 1. The first kappa shape index (κ1) is 12.3. The first-order valence-electron chi connectivity index (χ1n) is 6.24. The lowest BCUT2D eigenvalue weighted by atomic mass is 10.2. The monoisotopic (exact) mass is 235 g/mol. The van der Waals surface area contributed by atoms with Crippen LogP contribution in [0.2, 0.25) is 0 Å². The average Bonchev–Trinajstić information content (AvgIpc) is 2.54. The molecule has 0 bridgehead atoms. The van der Waals surface area contributed by atoms with Crippen molar-refractivity contribution in [3.05, 3.63) is 23.4 Å². The summed E-state index contributed by atoms with van der Waals surface area (Å²) < 4.78 is 5.64. The lowest BCUT2D eigenvalue weighted by Crippen LogP contribution is -2.31. The Morgan fingerprint density at radius 3 is 3.06 bits per heavy atom. The molecule has 4 nitrogen and oxygen atoms in total. The summed E-state index contributed by atoms with van der Waals surface area (Å²) in [5.74, 6) is 1.04. The Bertz CT molecular complexity index is 381. The summed E-state index contributed by atoms with van der Waals surface area (Å²) >= 11 is 0. The van der Waals surface area contributed by atoms with Crippen molar-refractivity contribution in [3.63, 3.8) is 0 Å². The minimum absolute atomic E-state index is 0.272. The normalized spacial score (nSPS) is 21.4. The second-order valence-electron chi connectivity index (χ2n) is 4.60. The molecule has 0 aromatic carbocycles. The minimum Gasteiger partial charge on any atom is -0.377 e. The highest BCUT2D eigenvalue weighted by atomic mass is 16.5. The van der Waals surface area contributed by atoms with E-state index in [0.29, 0.717) is 6.54 Å². The molecule has 2 heterocycles. The molecular weight excluding hydrogens is 214 g/mol. The number of aryl methyl sites for hydroxylation is 1. The van der Waals surface area contributed by atoms with E-state index in [2.05, 4.69) is 28.9 Å². The Morgan fingerprint density at radius 2 is 2.35 bits per heavy atom. The van der Waals surface area contributed by atoms with Crippen LogP contribution in [0.5, 0.6) is 0 Å². The Hall–Kier alpha value is -1.13. The summed E-state index contributed by atoms with van der Waals surface area (Å²) in [5, 5.41) is 0. The third kappa shape index (κ3) is 2.96. The van der Waals surface area contributed by atoms with Crippen molar-refractivity contribution in [1.29, 1.82) is 0 Å². The van der Waals surface area contributed by atoms with E-state index in [4.69, 9.17) is 10.5 Å². The molecule has 2 rings (SSSR count). The van der Waals surface area contributed by atoms with Gasteiger partial charge in [-0.1, -0.05) is 6.07 Å². The maximum absolute atomic E-state index is 5.65. The third-order valence-electron chi connectivity index (χ3n) is 3.18. The molecule has 0 aliphatic carbocycles. The fourth-order valence-electron chi connectivity index (χ4n) is 2.17. The van der Waals surface area contributed by atoms with Crippen LogP contribution in [0.4, 0.5) is 5.82 Å². The molecule has 1 unspecified atom stereocenters. The molecule has 1 aromatic rings. The number of pyridine rings is 1. The van der Waals surface area contributed by atoms with Gasteiger partial charge in [-0.3, -0.25) is 0 Å². The molecule has 1 fully saturated rings. The van der Waals surface area contributed by atoms with Crippen LogP contribution < -0.4 is 10.6 Å². The zero-order chi connectivity index (χ0) is 12.3.